The van der Waals surface area contributed by atoms with Crippen LogP contribution in [-0.2, 0) is 15.9 Å². The Balaban J connectivity index is 1.85. The maximum atomic E-state index is 13.8. The van der Waals surface area contributed by atoms with Crippen LogP contribution in [0.25, 0.3) is 0 Å². The Morgan fingerprint density at radius 3 is 3.04 bits per heavy atom. The molecule has 1 unspecified atom stereocenters. The molecule has 1 aliphatic rings. The number of guanidine groups is 1. The molecule has 1 fully saturated rings. The predicted octanol–water partition coefficient (Wildman–Crippen LogP) is 3.08. The summed E-state index contributed by atoms with van der Waals surface area (Å²) >= 11 is 3.39. The lowest BCUT2D eigenvalue weighted by Crippen LogP contribution is -2.40. The molecule has 0 amide bonds. The molecule has 2 rings (SSSR count). The SMILES string of the molecule is CCNC(=NCCc1cc(Br)ccc1F)N1CCC(COCCOC)C1. The number of rotatable bonds is 9. The molecule has 1 atom stereocenters. The minimum Gasteiger partial charge on any atom is -0.382 e. The van der Waals surface area contributed by atoms with Gasteiger partial charge in [0.25, 0.3) is 0 Å². The van der Waals surface area contributed by atoms with Gasteiger partial charge < -0.3 is 19.7 Å². The van der Waals surface area contributed by atoms with Crippen LogP contribution in [-0.4, -0.2) is 64.0 Å². The second-order valence-corrected chi connectivity index (χ2v) is 7.31. The van der Waals surface area contributed by atoms with Gasteiger partial charge in [0.2, 0.25) is 0 Å². The summed E-state index contributed by atoms with van der Waals surface area (Å²) in [6, 6.07) is 5.02. The zero-order valence-corrected chi connectivity index (χ0v) is 17.2. The molecule has 0 aliphatic carbocycles. The lowest BCUT2D eigenvalue weighted by molar-refractivity contribution is 0.0536. The van der Waals surface area contributed by atoms with Crippen molar-refractivity contribution in [1.29, 1.82) is 0 Å². The standard InChI is InChI=1S/C19H29BrFN3O2/c1-3-22-19(23-8-6-16-12-17(20)4-5-18(16)21)24-9-7-15(13-24)14-26-11-10-25-2/h4-5,12,15H,3,6-11,13-14H2,1-2H3,(H,22,23). The summed E-state index contributed by atoms with van der Waals surface area (Å²) in [5.41, 5.74) is 0.685. The van der Waals surface area contributed by atoms with E-state index in [-0.39, 0.29) is 5.82 Å². The maximum absolute atomic E-state index is 13.8. The van der Waals surface area contributed by atoms with Crippen molar-refractivity contribution < 1.29 is 13.9 Å². The van der Waals surface area contributed by atoms with Crippen molar-refractivity contribution >= 4 is 21.9 Å². The molecular weight excluding hydrogens is 401 g/mol. The lowest BCUT2D eigenvalue weighted by Gasteiger charge is -2.21. The van der Waals surface area contributed by atoms with Gasteiger partial charge in [-0.3, -0.25) is 4.99 Å². The van der Waals surface area contributed by atoms with E-state index in [0.29, 0.717) is 37.7 Å². The van der Waals surface area contributed by atoms with Crippen LogP contribution in [0.3, 0.4) is 0 Å². The highest BCUT2D eigenvalue weighted by Crippen LogP contribution is 2.18. The number of nitrogens with zero attached hydrogens (tertiary/aromatic N) is 2. The number of likely N-dealkylation sites (tertiary alicyclic amines) is 1. The molecule has 146 valence electrons. The van der Waals surface area contributed by atoms with E-state index in [2.05, 4.69) is 33.1 Å². The fourth-order valence-electron chi connectivity index (χ4n) is 3.00. The first-order valence-electron chi connectivity index (χ1n) is 9.18. The third-order valence-electron chi connectivity index (χ3n) is 4.36. The largest absolute Gasteiger partial charge is 0.382 e. The first-order valence-corrected chi connectivity index (χ1v) is 9.97. The molecule has 7 heteroatoms. The molecular formula is C19H29BrFN3O2. The highest BCUT2D eigenvalue weighted by Gasteiger charge is 2.24. The highest BCUT2D eigenvalue weighted by molar-refractivity contribution is 9.10. The minimum atomic E-state index is -0.178. The number of nitrogens with one attached hydrogen (secondary N) is 1. The van der Waals surface area contributed by atoms with Crippen LogP contribution < -0.4 is 5.32 Å². The molecule has 1 aromatic carbocycles. The molecule has 0 spiro atoms. The Hall–Kier alpha value is -1.18. The highest BCUT2D eigenvalue weighted by atomic mass is 79.9. The van der Waals surface area contributed by atoms with Crippen molar-refractivity contribution in [2.45, 2.75) is 19.8 Å². The van der Waals surface area contributed by atoms with Gasteiger partial charge in [0.15, 0.2) is 5.96 Å². The number of aliphatic imine (C=N–C) groups is 1. The molecule has 1 N–H and O–H groups in total. The summed E-state index contributed by atoms with van der Waals surface area (Å²) < 4.78 is 25.4. The van der Waals surface area contributed by atoms with Crippen LogP contribution in [0.1, 0.15) is 18.9 Å². The van der Waals surface area contributed by atoms with Crippen molar-refractivity contribution in [1.82, 2.24) is 10.2 Å². The van der Waals surface area contributed by atoms with Gasteiger partial charge in [0.1, 0.15) is 5.82 Å². The topological polar surface area (TPSA) is 46.1 Å². The van der Waals surface area contributed by atoms with Crippen LogP contribution in [0.15, 0.2) is 27.7 Å². The van der Waals surface area contributed by atoms with Crippen LogP contribution in [0.4, 0.5) is 4.39 Å². The summed E-state index contributed by atoms with van der Waals surface area (Å²) in [7, 11) is 1.68. The Labute approximate surface area is 164 Å². The quantitative estimate of drug-likeness (QED) is 0.372. The first-order chi connectivity index (χ1) is 12.6. The maximum Gasteiger partial charge on any atom is 0.193 e. The minimum absolute atomic E-state index is 0.178. The molecule has 1 saturated heterocycles. The molecule has 0 bridgehead atoms. The van der Waals surface area contributed by atoms with Gasteiger partial charge in [-0.2, -0.15) is 0 Å². The fraction of sp³-hybridized carbons (Fsp3) is 0.632. The number of hydrogen-bond donors (Lipinski definition) is 1. The Bertz CT molecular complexity index is 586. The Morgan fingerprint density at radius 1 is 1.42 bits per heavy atom. The summed E-state index contributed by atoms with van der Waals surface area (Å²) in [6.07, 6.45) is 1.68. The molecule has 1 heterocycles. The van der Waals surface area contributed by atoms with Gasteiger partial charge in [-0.1, -0.05) is 15.9 Å². The summed E-state index contributed by atoms with van der Waals surface area (Å²) in [4.78, 5) is 6.96. The fourth-order valence-corrected chi connectivity index (χ4v) is 3.40. The van der Waals surface area contributed by atoms with E-state index in [9.17, 15) is 4.39 Å². The third-order valence-corrected chi connectivity index (χ3v) is 4.85. The second kappa shape index (κ2) is 11.5. The van der Waals surface area contributed by atoms with E-state index in [1.165, 1.54) is 6.07 Å². The van der Waals surface area contributed by atoms with Crippen molar-refractivity contribution in [2.75, 3.05) is 53.1 Å². The molecule has 1 aromatic rings. The molecule has 26 heavy (non-hydrogen) atoms. The van der Waals surface area contributed by atoms with Crippen LogP contribution >= 0.6 is 15.9 Å². The number of methoxy groups -OCH3 is 1. The average molecular weight is 430 g/mol. The number of benzene rings is 1. The first kappa shape index (κ1) is 21.1. The van der Waals surface area contributed by atoms with Crippen molar-refractivity contribution in [2.24, 2.45) is 10.9 Å². The molecule has 5 nitrogen and oxygen atoms in total. The molecule has 0 aromatic heterocycles. The van der Waals surface area contributed by atoms with E-state index in [4.69, 9.17) is 14.5 Å². The molecule has 0 saturated carbocycles. The number of ether oxygens (including phenoxy) is 2. The lowest BCUT2D eigenvalue weighted by atomic mass is 10.1. The Kier molecular flexibility index (Phi) is 9.36. The monoisotopic (exact) mass is 429 g/mol. The van der Waals surface area contributed by atoms with Gasteiger partial charge in [0.05, 0.1) is 19.8 Å². The van der Waals surface area contributed by atoms with Gasteiger partial charge >= 0.3 is 0 Å². The van der Waals surface area contributed by atoms with Gasteiger partial charge in [-0.25, -0.2) is 4.39 Å². The van der Waals surface area contributed by atoms with Crippen LogP contribution in [0.5, 0.6) is 0 Å². The van der Waals surface area contributed by atoms with Crippen LogP contribution in [0.2, 0.25) is 0 Å². The van der Waals surface area contributed by atoms with E-state index in [1.54, 1.807) is 13.2 Å². The summed E-state index contributed by atoms with van der Waals surface area (Å²) in [5.74, 6) is 1.24. The number of halogens is 2. The average Bonchev–Trinajstić information content (AvgIpc) is 3.10. The summed E-state index contributed by atoms with van der Waals surface area (Å²) in [6.45, 7) is 7.36. The third kappa shape index (κ3) is 6.85. The van der Waals surface area contributed by atoms with Gasteiger partial charge in [-0.15, -0.1) is 0 Å². The van der Waals surface area contributed by atoms with E-state index in [1.807, 2.05) is 6.07 Å². The van der Waals surface area contributed by atoms with E-state index >= 15 is 0 Å². The van der Waals surface area contributed by atoms with Crippen molar-refractivity contribution in [3.63, 3.8) is 0 Å². The molecule has 1 aliphatic heterocycles. The normalized spacial score (nSPS) is 17.8. The van der Waals surface area contributed by atoms with Crippen LogP contribution in [0, 0.1) is 11.7 Å². The zero-order valence-electron chi connectivity index (χ0n) is 15.6. The van der Waals surface area contributed by atoms with E-state index < -0.39 is 0 Å². The van der Waals surface area contributed by atoms with Crippen molar-refractivity contribution in [3.05, 3.63) is 34.1 Å². The second-order valence-electron chi connectivity index (χ2n) is 6.39. The van der Waals surface area contributed by atoms with E-state index in [0.717, 1.165) is 43.1 Å². The smallest absolute Gasteiger partial charge is 0.193 e. The van der Waals surface area contributed by atoms with Gasteiger partial charge in [-0.05, 0) is 43.5 Å². The predicted molar refractivity (Wildman–Crippen MR) is 106 cm³/mol. The van der Waals surface area contributed by atoms with Gasteiger partial charge in [0, 0.05) is 43.7 Å². The zero-order chi connectivity index (χ0) is 18.8. The Morgan fingerprint density at radius 2 is 2.27 bits per heavy atom. The van der Waals surface area contributed by atoms with Crippen molar-refractivity contribution in [3.8, 4) is 0 Å². The number of hydrogen-bond acceptors (Lipinski definition) is 3. The summed E-state index contributed by atoms with van der Waals surface area (Å²) in [5, 5.41) is 3.35. The molecule has 0 radical (unpaired) electrons.